The average Bonchev–Trinajstić information content (AvgIpc) is 2.32. The Hall–Kier alpha value is -0.870. The predicted molar refractivity (Wildman–Crippen MR) is 54.5 cm³/mol. The maximum atomic E-state index is 11.5. The van der Waals surface area contributed by atoms with Crippen LogP contribution in [0.1, 0.15) is 11.6 Å². The molecule has 0 saturated carbocycles. The van der Waals surface area contributed by atoms with Gasteiger partial charge < -0.3 is 10.6 Å². The summed E-state index contributed by atoms with van der Waals surface area (Å²) in [6, 6.07) is 5.18. The predicted octanol–water partition coefficient (Wildman–Crippen LogP) is 1.43. The summed E-state index contributed by atoms with van der Waals surface area (Å²) in [7, 11) is 1.74. The molecule has 0 aromatic heterocycles. The minimum Gasteiger partial charge on any atom is -0.316 e. The summed E-state index contributed by atoms with van der Waals surface area (Å²) in [5, 5.41) is 0. The van der Waals surface area contributed by atoms with Gasteiger partial charge in [-0.2, -0.15) is 0 Å². The van der Waals surface area contributed by atoms with E-state index in [0.717, 1.165) is 15.7 Å². The molecule has 0 bridgehead atoms. The molecule has 2 rings (SSSR count). The first-order chi connectivity index (χ1) is 6.11. The molecule has 0 spiro atoms. The Morgan fingerprint density at radius 1 is 1.54 bits per heavy atom. The third kappa shape index (κ3) is 1.17. The minimum atomic E-state index is -0.493. The van der Waals surface area contributed by atoms with Crippen molar-refractivity contribution in [2.45, 2.75) is 6.04 Å². The fourth-order valence-corrected chi connectivity index (χ4v) is 1.88. The van der Waals surface area contributed by atoms with Gasteiger partial charge in [0.1, 0.15) is 6.04 Å². The highest BCUT2D eigenvalue weighted by molar-refractivity contribution is 9.10. The maximum Gasteiger partial charge on any atom is 0.248 e. The zero-order valence-electron chi connectivity index (χ0n) is 7.12. The smallest absolute Gasteiger partial charge is 0.248 e. The number of anilines is 1. The number of benzene rings is 1. The third-order valence-electron chi connectivity index (χ3n) is 2.29. The van der Waals surface area contributed by atoms with Gasteiger partial charge in [0.15, 0.2) is 0 Å². The van der Waals surface area contributed by atoms with E-state index in [0.29, 0.717) is 0 Å². The van der Waals surface area contributed by atoms with Gasteiger partial charge >= 0.3 is 0 Å². The lowest BCUT2D eigenvalue weighted by molar-refractivity contribution is -0.118. The van der Waals surface area contributed by atoms with E-state index in [1.165, 1.54) is 0 Å². The second-order valence-electron chi connectivity index (χ2n) is 3.08. The molecular formula is C9H9BrN2O. The molecular weight excluding hydrogens is 232 g/mol. The van der Waals surface area contributed by atoms with Crippen molar-refractivity contribution in [1.29, 1.82) is 0 Å². The molecule has 1 aromatic rings. The van der Waals surface area contributed by atoms with Crippen molar-refractivity contribution < 1.29 is 4.79 Å². The standard InChI is InChI=1S/C9H9BrN2O/c1-12-7-4-5(10)2-3-6(7)8(11)9(12)13/h2-4,8H,11H2,1H3. The van der Waals surface area contributed by atoms with Crippen LogP contribution >= 0.6 is 15.9 Å². The van der Waals surface area contributed by atoms with E-state index in [1.807, 2.05) is 18.2 Å². The highest BCUT2D eigenvalue weighted by Gasteiger charge is 2.31. The van der Waals surface area contributed by atoms with E-state index in [1.54, 1.807) is 11.9 Å². The summed E-state index contributed by atoms with van der Waals surface area (Å²) in [6.45, 7) is 0. The van der Waals surface area contributed by atoms with Gasteiger partial charge in [0, 0.05) is 22.8 Å². The van der Waals surface area contributed by atoms with E-state index in [9.17, 15) is 4.79 Å². The Bertz CT molecular complexity index is 378. The molecule has 68 valence electrons. The number of hydrogen-bond donors (Lipinski definition) is 1. The number of carbonyl (C=O) groups excluding carboxylic acids is 1. The molecule has 1 aromatic carbocycles. The molecule has 0 fully saturated rings. The van der Waals surface area contributed by atoms with Crippen molar-refractivity contribution in [3.63, 3.8) is 0 Å². The summed E-state index contributed by atoms with van der Waals surface area (Å²) < 4.78 is 0.958. The van der Waals surface area contributed by atoms with Gasteiger partial charge in [-0.1, -0.05) is 22.0 Å². The average molecular weight is 241 g/mol. The number of nitrogens with zero attached hydrogens (tertiary/aromatic N) is 1. The number of halogens is 1. The Morgan fingerprint density at radius 2 is 2.23 bits per heavy atom. The molecule has 13 heavy (non-hydrogen) atoms. The Morgan fingerprint density at radius 3 is 2.92 bits per heavy atom. The molecule has 0 radical (unpaired) electrons. The maximum absolute atomic E-state index is 11.5. The van der Waals surface area contributed by atoms with Crippen LogP contribution in [0.5, 0.6) is 0 Å². The first-order valence-electron chi connectivity index (χ1n) is 3.94. The summed E-state index contributed by atoms with van der Waals surface area (Å²) in [6.07, 6.45) is 0. The van der Waals surface area contributed by atoms with E-state index in [-0.39, 0.29) is 5.91 Å². The molecule has 0 aliphatic carbocycles. The molecule has 1 unspecified atom stereocenters. The number of fused-ring (bicyclic) bond motifs is 1. The number of hydrogen-bond acceptors (Lipinski definition) is 2. The van der Waals surface area contributed by atoms with Gasteiger partial charge in [0.05, 0.1) is 0 Å². The first kappa shape index (κ1) is 8.72. The molecule has 3 nitrogen and oxygen atoms in total. The van der Waals surface area contributed by atoms with Gasteiger partial charge in [0.25, 0.3) is 0 Å². The number of carbonyl (C=O) groups is 1. The van der Waals surface area contributed by atoms with Gasteiger partial charge in [-0.15, -0.1) is 0 Å². The Balaban J connectivity index is 2.60. The van der Waals surface area contributed by atoms with Crippen molar-refractivity contribution in [1.82, 2.24) is 0 Å². The minimum absolute atomic E-state index is 0.0481. The van der Waals surface area contributed by atoms with Crippen molar-refractivity contribution in [2.24, 2.45) is 5.73 Å². The van der Waals surface area contributed by atoms with Crippen LogP contribution in [0.4, 0.5) is 5.69 Å². The number of likely N-dealkylation sites (N-methyl/N-ethyl adjacent to an activating group) is 1. The molecule has 1 atom stereocenters. The fourth-order valence-electron chi connectivity index (χ4n) is 1.53. The van der Waals surface area contributed by atoms with Gasteiger partial charge in [-0.05, 0) is 12.1 Å². The summed E-state index contributed by atoms with van der Waals surface area (Å²) >= 11 is 3.35. The van der Waals surface area contributed by atoms with E-state index < -0.39 is 6.04 Å². The Labute approximate surface area is 84.6 Å². The van der Waals surface area contributed by atoms with E-state index in [4.69, 9.17) is 5.73 Å². The Kier molecular flexibility index (Phi) is 1.89. The lowest BCUT2D eigenvalue weighted by atomic mass is 10.1. The topological polar surface area (TPSA) is 46.3 Å². The van der Waals surface area contributed by atoms with Gasteiger partial charge in [-0.3, -0.25) is 4.79 Å². The van der Waals surface area contributed by atoms with Crippen molar-refractivity contribution in [3.05, 3.63) is 28.2 Å². The van der Waals surface area contributed by atoms with Crippen LogP contribution < -0.4 is 10.6 Å². The molecule has 2 N–H and O–H groups in total. The highest BCUT2D eigenvalue weighted by atomic mass is 79.9. The number of nitrogens with two attached hydrogens (primary N) is 1. The van der Waals surface area contributed by atoms with Crippen LogP contribution in [0.2, 0.25) is 0 Å². The van der Waals surface area contributed by atoms with Gasteiger partial charge in [-0.25, -0.2) is 0 Å². The third-order valence-corrected chi connectivity index (χ3v) is 2.78. The van der Waals surface area contributed by atoms with Crippen molar-refractivity contribution in [3.8, 4) is 0 Å². The highest BCUT2D eigenvalue weighted by Crippen LogP contribution is 2.35. The normalized spacial score (nSPS) is 20.7. The van der Waals surface area contributed by atoms with Crippen LogP contribution in [0.25, 0.3) is 0 Å². The second-order valence-corrected chi connectivity index (χ2v) is 3.99. The zero-order valence-corrected chi connectivity index (χ0v) is 8.71. The fraction of sp³-hybridized carbons (Fsp3) is 0.222. The molecule has 4 heteroatoms. The van der Waals surface area contributed by atoms with Crippen LogP contribution in [0.3, 0.4) is 0 Å². The monoisotopic (exact) mass is 240 g/mol. The largest absolute Gasteiger partial charge is 0.316 e. The van der Waals surface area contributed by atoms with Crippen molar-refractivity contribution >= 4 is 27.5 Å². The molecule has 1 aliphatic heterocycles. The first-order valence-corrected chi connectivity index (χ1v) is 4.73. The quantitative estimate of drug-likeness (QED) is 0.746. The van der Waals surface area contributed by atoms with Gasteiger partial charge in [0.2, 0.25) is 5.91 Å². The van der Waals surface area contributed by atoms with Crippen LogP contribution in [-0.2, 0) is 4.79 Å². The molecule has 1 heterocycles. The van der Waals surface area contributed by atoms with E-state index in [2.05, 4.69) is 15.9 Å². The number of amides is 1. The second kappa shape index (κ2) is 2.82. The zero-order chi connectivity index (χ0) is 9.59. The SMILES string of the molecule is CN1C(=O)C(N)c2ccc(Br)cc21. The number of rotatable bonds is 0. The summed E-state index contributed by atoms with van der Waals surface area (Å²) in [4.78, 5) is 13.0. The van der Waals surface area contributed by atoms with Crippen LogP contribution in [0, 0.1) is 0 Å². The molecule has 1 amide bonds. The lowest BCUT2D eigenvalue weighted by Gasteiger charge is -2.09. The van der Waals surface area contributed by atoms with Crippen molar-refractivity contribution in [2.75, 3.05) is 11.9 Å². The summed E-state index contributed by atoms with van der Waals surface area (Å²) in [5.41, 5.74) is 7.52. The van der Waals surface area contributed by atoms with E-state index >= 15 is 0 Å². The lowest BCUT2D eigenvalue weighted by Crippen LogP contribution is -2.27. The summed E-state index contributed by atoms with van der Waals surface area (Å²) in [5.74, 6) is -0.0481. The van der Waals surface area contributed by atoms with Crippen LogP contribution in [0.15, 0.2) is 22.7 Å². The molecule has 1 aliphatic rings. The molecule has 0 saturated heterocycles. The van der Waals surface area contributed by atoms with Crippen LogP contribution in [-0.4, -0.2) is 13.0 Å².